The van der Waals surface area contributed by atoms with Gasteiger partial charge in [0.2, 0.25) is 0 Å². The smallest absolute Gasteiger partial charge is 0.119 e. The Morgan fingerprint density at radius 1 is 1.37 bits per heavy atom. The van der Waals surface area contributed by atoms with Crippen LogP contribution in [0.4, 0.5) is 5.69 Å². The number of ether oxygens (including phenoxy) is 1. The molecule has 1 aromatic rings. The van der Waals surface area contributed by atoms with Crippen molar-refractivity contribution in [3.05, 3.63) is 23.8 Å². The molecule has 2 heterocycles. The summed E-state index contributed by atoms with van der Waals surface area (Å²) in [6, 6.07) is 6.58. The summed E-state index contributed by atoms with van der Waals surface area (Å²) in [5.74, 6) is 1.01. The third kappa shape index (κ3) is 1.68. The van der Waals surface area contributed by atoms with Crippen LogP contribution >= 0.6 is 0 Å². The van der Waals surface area contributed by atoms with E-state index in [-0.39, 0.29) is 5.41 Å². The quantitative estimate of drug-likeness (QED) is 0.831. The van der Waals surface area contributed by atoms with E-state index in [0.29, 0.717) is 6.17 Å². The molecule has 0 spiro atoms. The number of likely N-dealkylation sites (N-methyl/N-ethyl adjacent to an activating group) is 2. The molecule has 0 amide bonds. The van der Waals surface area contributed by atoms with Crippen LogP contribution in [0.25, 0.3) is 0 Å². The first-order valence-electron chi connectivity index (χ1n) is 7.36. The standard InChI is InChI=1S/C16H24N2O/c1-5-18-10-9-16(3)13-11-12(19-6-2)7-8-14(13)17(4)15(16)18/h7-8,11,15H,5-6,9-10H2,1-4H3/t15?,16-/m0/s1. The van der Waals surface area contributed by atoms with Crippen LogP contribution in [0.2, 0.25) is 0 Å². The number of hydrogen-bond acceptors (Lipinski definition) is 3. The van der Waals surface area contributed by atoms with Gasteiger partial charge >= 0.3 is 0 Å². The van der Waals surface area contributed by atoms with Crippen molar-refractivity contribution in [3.8, 4) is 5.75 Å². The van der Waals surface area contributed by atoms with Gasteiger partial charge in [-0.1, -0.05) is 13.8 Å². The summed E-state index contributed by atoms with van der Waals surface area (Å²) >= 11 is 0. The average molecular weight is 260 g/mol. The van der Waals surface area contributed by atoms with Crippen LogP contribution in [-0.4, -0.2) is 37.8 Å². The molecule has 0 radical (unpaired) electrons. The first kappa shape index (κ1) is 12.8. The molecule has 0 N–H and O–H groups in total. The fraction of sp³-hybridized carbons (Fsp3) is 0.625. The molecule has 104 valence electrons. The molecule has 3 heteroatoms. The van der Waals surface area contributed by atoms with E-state index in [0.717, 1.165) is 18.9 Å². The van der Waals surface area contributed by atoms with Crippen molar-refractivity contribution in [2.24, 2.45) is 0 Å². The Bertz CT molecular complexity index is 488. The predicted octanol–water partition coefficient (Wildman–Crippen LogP) is 2.84. The first-order chi connectivity index (χ1) is 9.11. The molecule has 0 bridgehead atoms. The number of fused-ring (bicyclic) bond motifs is 3. The van der Waals surface area contributed by atoms with Crippen molar-refractivity contribution < 1.29 is 4.74 Å². The zero-order valence-corrected chi connectivity index (χ0v) is 12.4. The second-order valence-corrected chi connectivity index (χ2v) is 5.89. The molecule has 2 atom stereocenters. The van der Waals surface area contributed by atoms with E-state index < -0.39 is 0 Å². The lowest BCUT2D eigenvalue weighted by Gasteiger charge is -2.34. The highest BCUT2D eigenvalue weighted by atomic mass is 16.5. The Morgan fingerprint density at radius 3 is 2.84 bits per heavy atom. The summed E-state index contributed by atoms with van der Waals surface area (Å²) in [6.45, 7) is 9.75. The van der Waals surface area contributed by atoms with E-state index in [1.165, 1.54) is 24.2 Å². The molecule has 1 unspecified atom stereocenters. The Hall–Kier alpha value is -1.22. The van der Waals surface area contributed by atoms with Crippen LogP contribution in [0, 0.1) is 0 Å². The largest absolute Gasteiger partial charge is 0.494 e. The van der Waals surface area contributed by atoms with Crippen LogP contribution in [-0.2, 0) is 5.41 Å². The van der Waals surface area contributed by atoms with E-state index >= 15 is 0 Å². The van der Waals surface area contributed by atoms with Crippen molar-refractivity contribution in [1.82, 2.24) is 4.90 Å². The zero-order valence-electron chi connectivity index (χ0n) is 12.4. The fourth-order valence-corrected chi connectivity index (χ4v) is 3.98. The van der Waals surface area contributed by atoms with E-state index in [9.17, 15) is 0 Å². The normalized spacial score (nSPS) is 29.5. The number of anilines is 1. The van der Waals surface area contributed by atoms with Crippen LogP contribution in [0.1, 0.15) is 32.8 Å². The van der Waals surface area contributed by atoms with Crippen LogP contribution < -0.4 is 9.64 Å². The van der Waals surface area contributed by atoms with E-state index in [1.807, 2.05) is 6.92 Å². The van der Waals surface area contributed by atoms with Gasteiger partial charge in [-0.05, 0) is 43.7 Å². The number of rotatable bonds is 3. The van der Waals surface area contributed by atoms with Crippen molar-refractivity contribution in [3.63, 3.8) is 0 Å². The molecule has 0 saturated carbocycles. The minimum Gasteiger partial charge on any atom is -0.494 e. The molecular weight excluding hydrogens is 236 g/mol. The summed E-state index contributed by atoms with van der Waals surface area (Å²) in [7, 11) is 2.23. The minimum atomic E-state index is 0.243. The second-order valence-electron chi connectivity index (χ2n) is 5.89. The van der Waals surface area contributed by atoms with Crippen molar-refractivity contribution in [2.75, 3.05) is 31.6 Å². The van der Waals surface area contributed by atoms with Gasteiger partial charge in [0.1, 0.15) is 5.75 Å². The summed E-state index contributed by atoms with van der Waals surface area (Å²) in [5.41, 5.74) is 3.07. The molecule has 19 heavy (non-hydrogen) atoms. The van der Waals surface area contributed by atoms with E-state index in [2.05, 4.69) is 48.9 Å². The lowest BCUT2D eigenvalue weighted by atomic mass is 9.81. The van der Waals surface area contributed by atoms with Gasteiger partial charge < -0.3 is 9.64 Å². The van der Waals surface area contributed by atoms with Gasteiger partial charge in [0.25, 0.3) is 0 Å². The molecule has 0 aliphatic carbocycles. The highest BCUT2D eigenvalue weighted by molar-refractivity contribution is 5.66. The maximum absolute atomic E-state index is 5.68. The molecule has 3 rings (SSSR count). The lowest BCUT2D eigenvalue weighted by Crippen LogP contribution is -2.47. The van der Waals surface area contributed by atoms with E-state index in [1.54, 1.807) is 0 Å². The minimum absolute atomic E-state index is 0.243. The number of benzene rings is 1. The number of hydrogen-bond donors (Lipinski definition) is 0. The van der Waals surface area contributed by atoms with Gasteiger partial charge in [-0.15, -0.1) is 0 Å². The Labute approximate surface area is 116 Å². The Balaban J connectivity index is 2.05. The molecule has 1 fully saturated rings. The number of likely N-dealkylation sites (tertiary alicyclic amines) is 1. The van der Waals surface area contributed by atoms with Gasteiger partial charge in [0, 0.05) is 24.7 Å². The monoisotopic (exact) mass is 260 g/mol. The number of nitrogens with zero attached hydrogens (tertiary/aromatic N) is 2. The third-order valence-corrected chi connectivity index (χ3v) is 4.88. The molecular formula is C16H24N2O. The van der Waals surface area contributed by atoms with Gasteiger partial charge in [-0.2, -0.15) is 0 Å². The predicted molar refractivity (Wildman–Crippen MR) is 79.0 cm³/mol. The second kappa shape index (κ2) is 4.41. The maximum Gasteiger partial charge on any atom is 0.119 e. The summed E-state index contributed by atoms with van der Waals surface area (Å²) in [4.78, 5) is 5.03. The molecule has 1 aromatic carbocycles. The summed E-state index contributed by atoms with van der Waals surface area (Å²) in [6.07, 6.45) is 1.74. The van der Waals surface area contributed by atoms with Crippen molar-refractivity contribution in [1.29, 1.82) is 0 Å². The summed E-state index contributed by atoms with van der Waals surface area (Å²) in [5, 5.41) is 0. The van der Waals surface area contributed by atoms with Gasteiger partial charge in [-0.25, -0.2) is 0 Å². The molecule has 0 aromatic heterocycles. The average Bonchev–Trinajstić information content (AvgIpc) is 2.85. The molecule has 2 aliphatic rings. The van der Waals surface area contributed by atoms with Crippen LogP contribution in [0.15, 0.2) is 18.2 Å². The van der Waals surface area contributed by atoms with Crippen LogP contribution in [0.3, 0.4) is 0 Å². The van der Waals surface area contributed by atoms with Gasteiger partial charge in [-0.3, -0.25) is 4.90 Å². The van der Waals surface area contributed by atoms with Crippen molar-refractivity contribution in [2.45, 2.75) is 38.8 Å². The molecule has 2 aliphatic heterocycles. The SMILES string of the molecule is CCOc1ccc2c(c1)[C@]1(C)CCN(CC)C1N2C. The summed E-state index contributed by atoms with van der Waals surface area (Å²) < 4.78 is 5.68. The maximum atomic E-state index is 5.68. The molecule has 3 nitrogen and oxygen atoms in total. The Kier molecular flexibility index (Phi) is 2.97. The molecule has 1 saturated heterocycles. The van der Waals surface area contributed by atoms with E-state index in [4.69, 9.17) is 4.74 Å². The zero-order chi connectivity index (χ0) is 13.6. The van der Waals surface area contributed by atoms with Gasteiger partial charge in [0.15, 0.2) is 0 Å². The highest BCUT2D eigenvalue weighted by Gasteiger charge is 2.52. The topological polar surface area (TPSA) is 15.7 Å². The lowest BCUT2D eigenvalue weighted by molar-refractivity contribution is 0.234. The van der Waals surface area contributed by atoms with Crippen LogP contribution in [0.5, 0.6) is 5.75 Å². The van der Waals surface area contributed by atoms with Gasteiger partial charge in [0.05, 0.1) is 12.8 Å². The van der Waals surface area contributed by atoms with Crippen molar-refractivity contribution >= 4 is 5.69 Å². The Morgan fingerprint density at radius 2 is 2.16 bits per heavy atom. The highest BCUT2D eigenvalue weighted by Crippen LogP contribution is 2.52. The third-order valence-electron chi connectivity index (χ3n) is 4.88. The fourth-order valence-electron chi connectivity index (χ4n) is 3.98. The first-order valence-corrected chi connectivity index (χ1v) is 7.36.